The first-order chi connectivity index (χ1) is 12.6. The Bertz CT molecular complexity index is 817. The summed E-state index contributed by atoms with van der Waals surface area (Å²) in [7, 11) is 0. The van der Waals surface area contributed by atoms with Gasteiger partial charge in [0.2, 0.25) is 5.91 Å². The quantitative estimate of drug-likeness (QED) is 0.851. The Balaban J connectivity index is 1.48. The second kappa shape index (κ2) is 6.59. The molecule has 0 radical (unpaired) electrons. The van der Waals surface area contributed by atoms with Crippen LogP contribution in [0.4, 0.5) is 0 Å². The molecule has 2 amide bonds. The van der Waals surface area contributed by atoms with Crippen molar-refractivity contribution in [2.24, 2.45) is 5.41 Å². The number of aromatic nitrogens is 1. The molecule has 4 rings (SSSR count). The summed E-state index contributed by atoms with van der Waals surface area (Å²) in [6, 6.07) is 7.39. The number of carbonyl (C=O) groups excluding carboxylic acids is 2. The summed E-state index contributed by atoms with van der Waals surface area (Å²) in [5.41, 5.74) is 0.642. The Kier molecular flexibility index (Phi) is 4.26. The molecule has 6 nitrogen and oxygen atoms in total. The smallest absolute Gasteiger partial charge is 0.289 e. The largest absolute Gasteiger partial charge is 0.456 e. The number of hydrogen-bond acceptors (Lipinski definition) is 4. The molecule has 26 heavy (non-hydrogen) atoms. The molecule has 2 aliphatic heterocycles. The lowest BCUT2D eigenvalue weighted by Gasteiger charge is -2.38. The van der Waals surface area contributed by atoms with Crippen LogP contribution in [-0.2, 0) is 11.3 Å². The first-order valence-corrected chi connectivity index (χ1v) is 9.11. The molecule has 4 heterocycles. The van der Waals surface area contributed by atoms with E-state index in [4.69, 9.17) is 4.42 Å². The lowest BCUT2D eigenvalue weighted by molar-refractivity contribution is -0.138. The topological polar surface area (TPSA) is 66.7 Å². The molecule has 2 aliphatic rings. The predicted molar refractivity (Wildman–Crippen MR) is 95.3 cm³/mol. The van der Waals surface area contributed by atoms with E-state index in [0.29, 0.717) is 25.4 Å². The fraction of sp³-hybridized carbons (Fsp3) is 0.450. The third-order valence-electron chi connectivity index (χ3n) is 5.54. The molecular formula is C20H23N3O3. The van der Waals surface area contributed by atoms with Gasteiger partial charge in [0.05, 0.1) is 5.41 Å². The molecule has 2 saturated heterocycles. The van der Waals surface area contributed by atoms with Crippen LogP contribution < -0.4 is 0 Å². The van der Waals surface area contributed by atoms with Crippen LogP contribution in [0.25, 0.3) is 0 Å². The highest BCUT2D eigenvalue weighted by molar-refractivity contribution is 5.93. The van der Waals surface area contributed by atoms with Crippen molar-refractivity contribution in [1.82, 2.24) is 14.8 Å². The number of piperidine rings is 1. The molecule has 0 bridgehead atoms. The van der Waals surface area contributed by atoms with E-state index in [2.05, 4.69) is 4.98 Å². The Morgan fingerprint density at radius 1 is 1.19 bits per heavy atom. The number of nitrogens with zero attached hydrogens (tertiary/aromatic N) is 3. The van der Waals surface area contributed by atoms with Crippen LogP contribution in [0.1, 0.15) is 41.1 Å². The van der Waals surface area contributed by atoms with E-state index >= 15 is 0 Å². The molecule has 0 N–H and O–H groups in total. The Labute approximate surface area is 152 Å². The van der Waals surface area contributed by atoms with Gasteiger partial charge in [0.1, 0.15) is 5.76 Å². The van der Waals surface area contributed by atoms with Crippen molar-refractivity contribution in [2.75, 3.05) is 19.6 Å². The molecule has 136 valence electrons. The van der Waals surface area contributed by atoms with Crippen LogP contribution in [0.15, 0.2) is 41.1 Å². The first-order valence-electron chi connectivity index (χ1n) is 9.11. The SMILES string of the molecule is Cc1ccc(C(=O)N2CCCC3(CCN(Cc4ccncc4)C3=O)C2)o1. The Morgan fingerprint density at radius 3 is 2.73 bits per heavy atom. The van der Waals surface area contributed by atoms with E-state index in [-0.39, 0.29) is 11.8 Å². The standard InChI is InChI=1S/C20H23N3O3/c1-15-3-4-17(26-15)18(24)23-11-2-7-20(14-23)8-12-22(19(20)25)13-16-5-9-21-10-6-16/h3-6,9-10H,2,7-8,11-14H2,1H3. The van der Waals surface area contributed by atoms with Gasteiger partial charge in [-0.15, -0.1) is 0 Å². The first kappa shape index (κ1) is 16.8. The van der Waals surface area contributed by atoms with Gasteiger partial charge in [-0.25, -0.2) is 0 Å². The van der Waals surface area contributed by atoms with Gasteiger partial charge < -0.3 is 14.2 Å². The molecule has 2 aromatic rings. The zero-order chi connectivity index (χ0) is 18.1. The van der Waals surface area contributed by atoms with E-state index in [0.717, 1.165) is 37.1 Å². The van der Waals surface area contributed by atoms with Crippen molar-refractivity contribution in [3.05, 3.63) is 53.7 Å². The van der Waals surface area contributed by atoms with Crippen LogP contribution in [0, 0.1) is 12.3 Å². The monoisotopic (exact) mass is 353 g/mol. The van der Waals surface area contributed by atoms with E-state index in [1.165, 1.54) is 0 Å². The Morgan fingerprint density at radius 2 is 2.00 bits per heavy atom. The van der Waals surface area contributed by atoms with Crippen LogP contribution in [-0.4, -0.2) is 46.2 Å². The fourth-order valence-corrected chi connectivity index (χ4v) is 4.14. The van der Waals surface area contributed by atoms with E-state index in [1.807, 2.05) is 24.0 Å². The van der Waals surface area contributed by atoms with E-state index in [9.17, 15) is 9.59 Å². The number of hydrogen-bond donors (Lipinski definition) is 0. The van der Waals surface area contributed by atoms with Crippen molar-refractivity contribution in [3.63, 3.8) is 0 Å². The molecule has 0 aliphatic carbocycles. The van der Waals surface area contributed by atoms with Crippen LogP contribution in [0.5, 0.6) is 0 Å². The number of carbonyl (C=O) groups is 2. The number of rotatable bonds is 3. The van der Waals surface area contributed by atoms with Gasteiger partial charge in [-0.05, 0) is 56.0 Å². The molecule has 0 aromatic carbocycles. The summed E-state index contributed by atoms with van der Waals surface area (Å²) in [5, 5.41) is 0. The molecular weight excluding hydrogens is 330 g/mol. The molecule has 2 aromatic heterocycles. The second-order valence-electron chi connectivity index (χ2n) is 7.35. The van der Waals surface area contributed by atoms with Crippen LogP contribution in [0.3, 0.4) is 0 Å². The zero-order valence-electron chi connectivity index (χ0n) is 15.0. The van der Waals surface area contributed by atoms with Crippen molar-refractivity contribution in [3.8, 4) is 0 Å². The number of pyridine rings is 1. The normalized spacial score (nSPS) is 23.0. The maximum Gasteiger partial charge on any atom is 0.289 e. The zero-order valence-corrected chi connectivity index (χ0v) is 15.0. The third kappa shape index (κ3) is 3.00. The Hall–Kier alpha value is -2.63. The number of likely N-dealkylation sites (tertiary alicyclic amines) is 2. The van der Waals surface area contributed by atoms with Gasteiger partial charge in [-0.2, -0.15) is 0 Å². The predicted octanol–water partition coefficient (Wildman–Crippen LogP) is 2.64. The highest BCUT2D eigenvalue weighted by Gasteiger charge is 2.49. The van der Waals surface area contributed by atoms with Gasteiger partial charge in [0.15, 0.2) is 5.76 Å². The van der Waals surface area contributed by atoms with E-state index < -0.39 is 5.41 Å². The number of furan rings is 1. The summed E-state index contributed by atoms with van der Waals surface area (Å²) in [4.78, 5) is 33.6. The van der Waals surface area contributed by atoms with Crippen molar-refractivity contribution < 1.29 is 14.0 Å². The fourth-order valence-electron chi connectivity index (χ4n) is 4.14. The van der Waals surface area contributed by atoms with Crippen molar-refractivity contribution in [2.45, 2.75) is 32.7 Å². The highest BCUT2D eigenvalue weighted by atomic mass is 16.3. The molecule has 1 spiro atoms. The summed E-state index contributed by atoms with van der Waals surface area (Å²) in [6.07, 6.45) is 5.99. The molecule has 0 saturated carbocycles. The molecule has 2 fully saturated rings. The van der Waals surface area contributed by atoms with Gasteiger partial charge in [-0.1, -0.05) is 0 Å². The summed E-state index contributed by atoms with van der Waals surface area (Å²) in [6.45, 7) is 4.33. The second-order valence-corrected chi connectivity index (χ2v) is 7.35. The third-order valence-corrected chi connectivity index (χ3v) is 5.54. The van der Waals surface area contributed by atoms with Crippen molar-refractivity contribution >= 4 is 11.8 Å². The average Bonchev–Trinajstić information content (AvgIpc) is 3.22. The van der Waals surface area contributed by atoms with Crippen LogP contribution >= 0.6 is 0 Å². The summed E-state index contributed by atoms with van der Waals surface area (Å²) >= 11 is 0. The molecule has 1 atom stereocenters. The minimum absolute atomic E-state index is 0.113. The van der Waals surface area contributed by atoms with Gasteiger partial charge in [0, 0.05) is 38.6 Å². The molecule has 1 unspecified atom stereocenters. The van der Waals surface area contributed by atoms with Gasteiger partial charge in [0.25, 0.3) is 5.91 Å². The maximum atomic E-state index is 13.1. The average molecular weight is 353 g/mol. The number of amides is 2. The van der Waals surface area contributed by atoms with Crippen molar-refractivity contribution in [1.29, 1.82) is 0 Å². The lowest BCUT2D eigenvalue weighted by Crippen LogP contribution is -2.49. The maximum absolute atomic E-state index is 13.1. The lowest BCUT2D eigenvalue weighted by atomic mass is 9.78. The van der Waals surface area contributed by atoms with Crippen LogP contribution in [0.2, 0.25) is 0 Å². The minimum atomic E-state index is -0.442. The summed E-state index contributed by atoms with van der Waals surface area (Å²) < 4.78 is 5.48. The highest BCUT2D eigenvalue weighted by Crippen LogP contribution is 2.41. The molecule has 6 heteroatoms. The van der Waals surface area contributed by atoms with Gasteiger partial charge >= 0.3 is 0 Å². The van der Waals surface area contributed by atoms with Gasteiger partial charge in [-0.3, -0.25) is 14.6 Å². The number of aryl methyl sites for hydroxylation is 1. The van der Waals surface area contributed by atoms with E-state index in [1.54, 1.807) is 29.4 Å². The minimum Gasteiger partial charge on any atom is -0.456 e. The summed E-state index contributed by atoms with van der Waals surface area (Å²) in [5.74, 6) is 1.14.